The van der Waals surface area contributed by atoms with Crippen molar-refractivity contribution in [2.24, 2.45) is 0 Å². The summed E-state index contributed by atoms with van der Waals surface area (Å²) >= 11 is 0. The Morgan fingerprint density at radius 2 is 0.826 bits per heavy atom. The first-order chi connectivity index (χ1) is 33.6. The van der Waals surface area contributed by atoms with Gasteiger partial charge in [0.05, 0.1) is 32.0 Å². The van der Waals surface area contributed by atoms with Crippen LogP contribution >= 0.6 is 0 Å². The molecule has 12 atom stereocenters. The maximum absolute atomic E-state index is 13.2. The van der Waals surface area contributed by atoms with Gasteiger partial charge in [0.2, 0.25) is 5.91 Å². The molecule has 0 saturated carbocycles. The van der Waals surface area contributed by atoms with Crippen LogP contribution in [-0.2, 0) is 23.7 Å². The fourth-order valence-electron chi connectivity index (χ4n) is 9.89. The molecule has 69 heavy (non-hydrogen) atoms. The van der Waals surface area contributed by atoms with Crippen molar-refractivity contribution in [1.29, 1.82) is 0 Å². The molecule has 2 saturated heterocycles. The molecule has 14 heteroatoms. The number of carbonyl (C=O) groups is 1. The third-order valence-electron chi connectivity index (χ3n) is 14.6. The molecule has 2 fully saturated rings. The van der Waals surface area contributed by atoms with Gasteiger partial charge in [-0.15, -0.1) is 0 Å². The molecule has 0 aromatic heterocycles. The van der Waals surface area contributed by atoms with E-state index in [9.17, 15) is 45.6 Å². The molecule has 0 aromatic rings. The molecule has 410 valence electrons. The Morgan fingerprint density at radius 3 is 1.23 bits per heavy atom. The predicted molar refractivity (Wildman–Crippen MR) is 272 cm³/mol. The lowest BCUT2D eigenvalue weighted by molar-refractivity contribution is -0.359. The van der Waals surface area contributed by atoms with Crippen LogP contribution in [0.4, 0.5) is 0 Å². The number of hydrogen-bond acceptors (Lipinski definition) is 13. The normalized spacial score (nSPS) is 26.1. The highest BCUT2D eigenvalue weighted by molar-refractivity contribution is 5.76. The van der Waals surface area contributed by atoms with Crippen LogP contribution in [0.3, 0.4) is 0 Å². The molecule has 2 aliphatic heterocycles. The SMILES string of the molecule is CCCCCCCCCCCCCCCCCCCCCCCCCCCCC(=O)N[C@@H](CO[C@@H]1O[C@H](CO)[C@@H](O[C@@H]2O[C@H](CO)[C@H](O)C(O)C2O)C(O)C1O)[C@H](O)CCCCCCCCCCC. The molecule has 4 unspecified atom stereocenters. The fourth-order valence-corrected chi connectivity index (χ4v) is 9.89. The molecule has 2 rings (SSSR count). The summed E-state index contributed by atoms with van der Waals surface area (Å²) in [5.74, 6) is -0.203. The van der Waals surface area contributed by atoms with E-state index in [2.05, 4.69) is 19.2 Å². The second-order valence-corrected chi connectivity index (χ2v) is 20.8. The summed E-state index contributed by atoms with van der Waals surface area (Å²) < 4.78 is 22.7. The van der Waals surface area contributed by atoms with E-state index in [-0.39, 0.29) is 12.5 Å². The highest BCUT2D eigenvalue weighted by atomic mass is 16.7. The van der Waals surface area contributed by atoms with Gasteiger partial charge >= 0.3 is 0 Å². The van der Waals surface area contributed by atoms with E-state index in [0.29, 0.717) is 12.8 Å². The minimum absolute atomic E-state index is 0.203. The molecule has 0 radical (unpaired) electrons. The molecule has 0 bridgehead atoms. The first-order valence-corrected chi connectivity index (χ1v) is 28.8. The molecule has 2 aliphatic rings. The van der Waals surface area contributed by atoms with Gasteiger partial charge in [-0.25, -0.2) is 0 Å². The van der Waals surface area contributed by atoms with E-state index < -0.39 is 86.8 Å². The average molecular weight is 990 g/mol. The van der Waals surface area contributed by atoms with Crippen molar-refractivity contribution in [2.45, 2.75) is 325 Å². The molecule has 0 aliphatic carbocycles. The Labute approximate surface area is 419 Å². The molecule has 1 amide bonds. The number of nitrogens with one attached hydrogen (secondary N) is 1. The van der Waals surface area contributed by atoms with Crippen molar-refractivity contribution in [1.82, 2.24) is 5.32 Å². The summed E-state index contributed by atoms with van der Waals surface area (Å²) in [4.78, 5) is 13.2. The Morgan fingerprint density at radius 1 is 0.464 bits per heavy atom. The van der Waals surface area contributed by atoms with Gasteiger partial charge in [-0.3, -0.25) is 4.79 Å². The van der Waals surface area contributed by atoms with Crippen LogP contribution in [0, 0.1) is 0 Å². The third-order valence-corrected chi connectivity index (χ3v) is 14.6. The topological polar surface area (TPSA) is 228 Å². The Bertz CT molecular complexity index is 1170. The summed E-state index contributed by atoms with van der Waals surface area (Å²) in [6.07, 6.45) is 28.5. The first-order valence-electron chi connectivity index (χ1n) is 28.8. The molecule has 2 heterocycles. The van der Waals surface area contributed by atoms with E-state index in [1.54, 1.807) is 0 Å². The summed E-state index contributed by atoms with van der Waals surface area (Å²) in [5, 5.41) is 86.9. The molecular formula is C55H107NO13. The maximum Gasteiger partial charge on any atom is 0.220 e. The number of carbonyl (C=O) groups excluding carboxylic acids is 1. The van der Waals surface area contributed by atoms with Crippen molar-refractivity contribution in [2.75, 3.05) is 19.8 Å². The van der Waals surface area contributed by atoms with E-state index in [4.69, 9.17) is 18.9 Å². The molecule has 9 N–H and O–H groups in total. The number of hydrogen-bond donors (Lipinski definition) is 9. The number of unbranched alkanes of at least 4 members (excludes halogenated alkanes) is 33. The van der Waals surface area contributed by atoms with Crippen LogP contribution in [-0.4, -0.2) is 140 Å². The van der Waals surface area contributed by atoms with Gasteiger partial charge in [0.1, 0.15) is 48.8 Å². The van der Waals surface area contributed by atoms with Crippen molar-refractivity contribution < 1.29 is 64.6 Å². The fraction of sp³-hybridized carbons (Fsp3) is 0.982. The van der Waals surface area contributed by atoms with Crippen molar-refractivity contribution in [3.05, 3.63) is 0 Å². The van der Waals surface area contributed by atoms with Crippen molar-refractivity contribution in [3.63, 3.8) is 0 Å². The van der Waals surface area contributed by atoms with Crippen LogP contribution in [0.25, 0.3) is 0 Å². The van der Waals surface area contributed by atoms with Gasteiger partial charge in [-0.05, 0) is 12.8 Å². The highest BCUT2D eigenvalue weighted by Crippen LogP contribution is 2.30. The monoisotopic (exact) mass is 990 g/mol. The smallest absolute Gasteiger partial charge is 0.220 e. The zero-order chi connectivity index (χ0) is 50.3. The van der Waals surface area contributed by atoms with Gasteiger partial charge in [0, 0.05) is 6.42 Å². The Hall–Kier alpha value is -1.01. The number of aliphatic hydroxyl groups is 8. The maximum atomic E-state index is 13.2. The largest absolute Gasteiger partial charge is 0.394 e. The van der Waals surface area contributed by atoms with Gasteiger partial charge in [-0.2, -0.15) is 0 Å². The molecule has 14 nitrogen and oxygen atoms in total. The van der Waals surface area contributed by atoms with Crippen LogP contribution < -0.4 is 5.32 Å². The van der Waals surface area contributed by atoms with Crippen LogP contribution in [0.15, 0.2) is 0 Å². The number of aliphatic hydroxyl groups excluding tert-OH is 8. The average Bonchev–Trinajstić information content (AvgIpc) is 3.35. The third kappa shape index (κ3) is 28.9. The quantitative estimate of drug-likeness (QED) is 0.0260. The Kier molecular flexibility index (Phi) is 39.4. The van der Waals surface area contributed by atoms with Gasteiger partial charge < -0.3 is 65.1 Å². The lowest BCUT2D eigenvalue weighted by atomic mass is 9.97. The predicted octanol–water partition coefficient (Wildman–Crippen LogP) is 8.95. The van der Waals surface area contributed by atoms with Crippen LogP contribution in [0.1, 0.15) is 251 Å². The van der Waals surface area contributed by atoms with Crippen LogP contribution in [0.2, 0.25) is 0 Å². The number of rotatable bonds is 46. The van der Waals surface area contributed by atoms with Gasteiger partial charge in [0.15, 0.2) is 12.6 Å². The second-order valence-electron chi connectivity index (χ2n) is 20.8. The van der Waals surface area contributed by atoms with Gasteiger partial charge in [0.25, 0.3) is 0 Å². The summed E-state index contributed by atoms with van der Waals surface area (Å²) in [5.41, 5.74) is 0. The van der Waals surface area contributed by atoms with Crippen molar-refractivity contribution >= 4 is 5.91 Å². The zero-order valence-electron chi connectivity index (χ0n) is 43.8. The van der Waals surface area contributed by atoms with E-state index in [1.165, 1.54) is 173 Å². The Balaban J connectivity index is 1.66. The highest BCUT2D eigenvalue weighted by Gasteiger charge is 2.51. The van der Waals surface area contributed by atoms with Gasteiger partial charge in [-0.1, -0.05) is 232 Å². The lowest BCUT2D eigenvalue weighted by Crippen LogP contribution is -2.65. The number of amides is 1. The molecular weight excluding hydrogens is 883 g/mol. The molecule has 0 aromatic carbocycles. The first kappa shape index (κ1) is 64.1. The summed E-state index contributed by atoms with van der Waals surface area (Å²) in [6, 6.07) is -0.820. The summed E-state index contributed by atoms with van der Waals surface area (Å²) in [7, 11) is 0. The summed E-state index contributed by atoms with van der Waals surface area (Å²) in [6.45, 7) is 2.85. The van der Waals surface area contributed by atoms with Crippen LogP contribution in [0.5, 0.6) is 0 Å². The van der Waals surface area contributed by atoms with E-state index >= 15 is 0 Å². The minimum atomic E-state index is -1.78. The number of ether oxygens (including phenoxy) is 4. The molecule has 0 spiro atoms. The minimum Gasteiger partial charge on any atom is -0.394 e. The van der Waals surface area contributed by atoms with Crippen molar-refractivity contribution in [3.8, 4) is 0 Å². The second kappa shape index (κ2) is 42.4. The van der Waals surface area contributed by atoms with E-state index in [0.717, 1.165) is 51.4 Å². The van der Waals surface area contributed by atoms with E-state index in [1.807, 2.05) is 0 Å². The standard InChI is InChI=1S/C55H107NO13/c1-3-5-7-9-11-13-14-15-16-17-18-19-20-21-22-23-24-25-26-27-28-29-31-33-35-37-39-47(60)56-43(44(59)38-36-34-32-30-12-10-8-6-4-2)42-66-54-52(65)50(63)53(46(41-58)68-54)69-55-51(64)49(62)48(61)45(40-57)67-55/h43-46,48-55,57-59,61-65H,3-42H2,1-2H3,(H,56,60)/t43-,44+,45+,46+,48-,49?,50?,51?,52?,53+,54+,55-/m0/s1. The lowest BCUT2D eigenvalue weighted by Gasteiger charge is -2.46. The zero-order valence-corrected chi connectivity index (χ0v) is 43.8.